The van der Waals surface area contributed by atoms with Crippen molar-refractivity contribution in [1.29, 1.82) is 0 Å². The Bertz CT molecular complexity index is 710. The second-order valence-electron chi connectivity index (χ2n) is 6.29. The van der Waals surface area contributed by atoms with E-state index in [1.165, 1.54) is 6.21 Å². The van der Waals surface area contributed by atoms with Crippen LogP contribution in [-0.4, -0.2) is 68.4 Å². The first kappa shape index (κ1) is 18.2. The number of rotatable bonds is 5. The molecule has 0 aromatic heterocycles. The first-order valence-electron chi connectivity index (χ1n) is 8.62. The van der Waals surface area contributed by atoms with E-state index < -0.39 is 23.8 Å². The number of aliphatic imine (C=N–C) groups is 1. The summed E-state index contributed by atoms with van der Waals surface area (Å²) in [6.45, 7) is 6.26. The third-order valence-corrected chi connectivity index (χ3v) is 4.40. The highest BCUT2D eigenvalue weighted by molar-refractivity contribution is 6.32. The Morgan fingerprint density at radius 3 is 2.58 bits per heavy atom. The minimum Gasteiger partial charge on any atom is -0.379 e. The van der Waals surface area contributed by atoms with Crippen LogP contribution in [0.25, 0.3) is 0 Å². The second-order valence-corrected chi connectivity index (χ2v) is 6.29. The molecule has 26 heavy (non-hydrogen) atoms. The van der Waals surface area contributed by atoms with Crippen LogP contribution in [0.4, 0.5) is 10.5 Å². The standard InChI is InChI=1S/C18H22N4O4/c1-13-2-4-14(5-3-13)22-17(24)15(16(23)20-18(22)25)12-19-6-7-21-8-10-26-11-9-21/h2-5,12,15H,6-11H2,1H3,(H,20,23,25)/t15-/m0/s1. The van der Waals surface area contributed by atoms with E-state index in [9.17, 15) is 14.4 Å². The fraction of sp³-hybridized carbons (Fsp3) is 0.444. The topological polar surface area (TPSA) is 91.3 Å². The minimum atomic E-state index is -1.10. The number of imide groups is 2. The molecule has 8 heteroatoms. The Morgan fingerprint density at radius 2 is 1.88 bits per heavy atom. The van der Waals surface area contributed by atoms with E-state index in [1.54, 1.807) is 24.3 Å². The summed E-state index contributed by atoms with van der Waals surface area (Å²) in [6.07, 6.45) is 1.34. The summed E-state index contributed by atoms with van der Waals surface area (Å²) in [5.74, 6) is -2.32. The highest BCUT2D eigenvalue weighted by atomic mass is 16.5. The number of benzene rings is 1. The van der Waals surface area contributed by atoms with Crippen LogP contribution in [0.15, 0.2) is 29.3 Å². The number of morpholine rings is 1. The number of anilines is 1. The first-order chi connectivity index (χ1) is 12.6. The Kier molecular flexibility index (Phi) is 5.75. The molecule has 138 valence electrons. The summed E-state index contributed by atoms with van der Waals surface area (Å²) in [4.78, 5) is 44.2. The second kappa shape index (κ2) is 8.20. The van der Waals surface area contributed by atoms with Crippen LogP contribution >= 0.6 is 0 Å². The lowest BCUT2D eigenvalue weighted by molar-refractivity contribution is -0.131. The molecule has 0 radical (unpaired) electrons. The number of hydrogen-bond acceptors (Lipinski definition) is 6. The number of aryl methyl sites for hydroxylation is 1. The van der Waals surface area contributed by atoms with Crippen molar-refractivity contribution in [2.45, 2.75) is 6.92 Å². The largest absolute Gasteiger partial charge is 0.379 e. The maximum Gasteiger partial charge on any atom is 0.335 e. The van der Waals surface area contributed by atoms with Crippen molar-refractivity contribution < 1.29 is 19.1 Å². The average molecular weight is 358 g/mol. The Morgan fingerprint density at radius 1 is 1.19 bits per heavy atom. The van der Waals surface area contributed by atoms with Crippen LogP contribution in [0.2, 0.25) is 0 Å². The molecule has 0 spiro atoms. The zero-order chi connectivity index (χ0) is 18.5. The normalized spacial score (nSPS) is 22.1. The predicted molar refractivity (Wildman–Crippen MR) is 96.3 cm³/mol. The van der Waals surface area contributed by atoms with Gasteiger partial charge in [0.1, 0.15) is 0 Å². The molecule has 0 bridgehead atoms. The molecule has 2 saturated heterocycles. The Hall–Kier alpha value is -2.58. The van der Waals surface area contributed by atoms with Gasteiger partial charge in [0.2, 0.25) is 5.91 Å². The van der Waals surface area contributed by atoms with E-state index in [0.29, 0.717) is 25.4 Å². The number of hydrogen-bond donors (Lipinski definition) is 1. The molecule has 2 aliphatic heterocycles. The average Bonchev–Trinajstić information content (AvgIpc) is 2.63. The number of carbonyl (C=O) groups excluding carboxylic acids is 3. The van der Waals surface area contributed by atoms with E-state index in [4.69, 9.17) is 4.74 Å². The summed E-state index contributed by atoms with van der Waals surface area (Å²) in [7, 11) is 0. The van der Waals surface area contributed by atoms with Crippen molar-refractivity contribution in [1.82, 2.24) is 10.2 Å². The van der Waals surface area contributed by atoms with Crippen LogP contribution in [0.1, 0.15) is 5.56 Å². The molecule has 0 unspecified atom stereocenters. The van der Waals surface area contributed by atoms with Gasteiger partial charge in [0.15, 0.2) is 5.92 Å². The van der Waals surface area contributed by atoms with Crippen LogP contribution in [0.3, 0.4) is 0 Å². The fourth-order valence-electron chi connectivity index (χ4n) is 2.86. The highest BCUT2D eigenvalue weighted by Crippen LogP contribution is 2.20. The van der Waals surface area contributed by atoms with E-state index >= 15 is 0 Å². The van der Waals surface area contributed by atoms with E-state index in [0.717, 1.165) is 30.1 Å². The smallest absolute Gasteiger partial charge is 0.335 e. The molecule has 1 aromatic rings. The molecular formula is C18H22N4O4. The van der Waals surface area contributed by atoms with Crippen molar-refractivity contribution in [2.24, 2.45) is 10.9 Å². The van der Waals surface area contributed by atoms with Crippen molar-refractivity contribution in [3.8, 4) is 0 Å². The van der Waals surface area contributed by atoms with E-state index in [1.807, 2.05) is 6.92 Å². The molecular weight excluding hydrogens is 336 g/mol. The van der Waals surface area contributed by atoms with Gasteiger partial charge in [-0.25, -0.2) is 9.69 Å². The van der Waals surface area contributed by atoms with Crippen molar-refractivity contribution in [2.75, 3.05) is 44.3 Å². The molecule has 2 heterocycles. The Balaban J connectivity index is 1.65. The van der Waals surface area contributed by atoms with Gasteiger partial charge < -0.3 is 4.74 Å². The molecule has 0 aliphatic carbocycles. The molecule has 4 amide bonds. The molecule has 0 saturated carbocycles. The lowest BCUT2D eigenvalue weighted by atomic mass is 10.1. The van der Waals surface area contributed by atoms with Crippen molar-refractivity contribution in [3.05, 3.63) is 29.8 Å². The fourth-order valence-corrected chi connectivity index (χ4v) is 2.86. The van der Waals surface area contributed by atoms with Gasteiger partial charge in [-0.05, 0) is 19.1 Å². The molecule has 8 nitrogen and oxygen atoms in total. The number of urea groups is 1. The van der Waals surface area contributed by atoms with E-state index in [2.05, 4.69) is 15.2 Å². The lowest BCUT2D eigenvalue weighted by Crippen LogP contribution is -2.58. The predicted octanol–water partition coefficient (Wildman–Crippen LogP) is 0.597. The van der Waals surface area contributed by atoms with Crippen LogP contribution < -0.4 is 10.2 Å². The van der Waals surface area contributed by atoms with Gasteiger partial charge in [-0.1, -0.05) is 17.7 Å². The summed E-state index contributed by atoms with van der Waals surface area (Å²) in [5, 5.41) is 2.22. The van der Waals surface area contributed by atoms with Gasteiger partial charge in [-0.2, -0.15) is 0 Å². The van der Waals surface area contributed by atoms with Gasteiger partial charge in [-0.3, -0.25) is 24.8 Å². The summed E-state index contributed by atoms with van der Waals surface area (Å²) >= 11 is 0. The number of ether oxygens (including phenoxy) is 1. The summed E-state index contributed by atoms with van der Waals surface area (Å²) < 4.78 is 5.29. The number of carbonyl (C=O) groups is 3. The number of nitrogens with one attached hydrogen (secondary N) is 1. The SMILES string of the molecule is Cc1ccc(N2C(=O)NC(=O)[C@H](C=NCCN3CCOCC3)C2=O)cc1. The molecule has 1 aromatic carbocycles. The number of amides is 4. The summed E-state index contributed by atoms with van der Waals surface area (Å²) in [6, 6.07) is 6.22. The van der Waals surface area contributed by atoms with Gasteiger partial charge in [-0.15, -0.1) is 0 Å². The van der Waals surface area contributed by atoms with Gasteiger partial charge >= 0.3 is 6.03 Å². The van der Waals surface area contributed by atoms with Gasteiger partial charge in [0, 0.05) is 25.8 Å². The van der Waals surface area contributed by atoms with Gasteiger partial charge in [0.25, 0.3) is 5.91 Å². The van der Waals surface area contributed by atoms with Crippen molar-refractivity contribution in [3.63, 3.8) is 0 Å². The van der Waals surface area contributed by atoms with E-state index in [-0.39, 0.29) is 0 Å². The van der Waals surface area contributed by atoms with Crippen LogP contribution in [-0.2, 0) is 14.3 Å². The van der Waals surface area contributed by atoms with Crippen LogP contribution in [0.5, 0.6) is 0 Å². The molecule has 2 fully saturated rings. The molecule has 2 aliphatic rings. The monoisotopic (exact) mass is 358 g/mol. The Labute approximate surface area is 151 Å². The maximum atomic E-state index is 12.7. The maximum absolute atomic E-state index is 12.7. The zero-order valence-electron chi connectivity index (χ0n) is 14.7. The molecule has 3 rings (SSSR count). The molecule has 1 atom stereocenters. The quantitative estimate of drug-likeness (QED) is 0.615. The number of barbiturate groups is 1. The lowest BCUT2D eigenvalue weighted by Gasteiger charge is -2.28. The van der Waals surface area contributed by atoms with Crippen molar-refractivity contribution >= 4 is 29.7 Å². The minimum absolute atomic E-state index is 0.428. The highest BCUT2D eigenvalue weighted by Gasteiger charge is 2.40. The third-order valence-electron chi connectivity index (χ3n) is 4.40. The summed E-state index contributed by atoms with van der Waals surface area (Å²) in [5.41, 5.74) is 1.44. The first-order valence-corrected chi connectivity index (χ1v) is 8.62. The number of nitrogens with zero attached hydrogens (tertiary/aromatic N) is 3. The van der Waals surface area contributed by atoms with Crippen LogP contribution in [0, 0.1) is 12.8 Å². The molecule has 1 N–H and O–H groups in total. The third kappa shape index (κ3) is 4.14. The zero-order valence-corrected chi connectivity index (χ0v) is 14.7. The van der Waals surface area contributed by atoms with Gasteiger partial charge in [0.05, 0.1) is 25.4 Å².